The van der Waals surface area contributed by atoms with Crippen molar-refractivity contribution in [3.05, 3.63) is 86.7 Å². The Morgan fingerprint density at radius 3 is 2.38 bits per heavy atom. The number of hydrogen-bond acceptors (Lipinski definition) is 5. The lowest BCUT2D eigenvalue weighted by Crippen LogP contribution is -2.32. The lowest BCUT2D eigenvalue weighted by atomic mass is 10.1. The van der Waals surface area contributed by atoms with E-state index in [1.54, 1.807) is 23.4 Å². The van der Waals surface area contributed by atoms with Crippen molar-refractivity contribution in [1.29, 1.82) is 0 Å². The standard InChI is InChI=1S/C26H31N5O3/c1-19-25(31(33)34)20(2)30(27-19)17-21-11-13-22(14-12-21)26(32)28(3)18-23-9-5-6-10-24(23)29-15-7-4-8-16-29/h5-6,9-14H,4,7-8,15-18H2,1-3H3. The number of aryl methyl sites for hydroxylation is 1. The van der Waals surface area contributed by atoms with Crippen molar-refractivity contribution in [2.75, 3.05) is 25.0 Å². The number of rotatable bonds is 7. The molecule has 0 bridgehead atoms. The zero-order valence-corrected chi connectivity index (χ0v) is 20.0. The number of hydrogen-bond donors (Lipinski definition) is 0. The zero-order chi connectivity index (χ0) is 24.2. The fourth-order valence-corrected chi connectivity index (χ4v) is 4.67. The van der Waals surface area contributed by atoms with Crippen LogP contribution in [-0.2, 0) is 13.1 Å². The van der Waals surface area contributed by atoms with Crippen molar-refractivity contribution in [2.45, 2.75) is 46.2 Å². The van der Waals surface area contributed by atoms with Crippen LogP contribution in [0.2, 0.25) is 0 Å². The Balaban J connectivity index is 1.44. The summed E-state index contributed by atoms with van der Waals surface area (Å²) in [6, 6.07) is 15.7. The molecule has 0 atom stereocenters. The Bertz CT molecular complexity index is 1180. The molecule has 1 aliphatic heterocycles. The number of para-hydroxylation sites is 1. The van der Waals surface area contributed by atoms with Gasteiger partial charge in [-0.15, -0.1) is 0 Å². The van der Waals surface area contributed by atoms with E-state index in [-0.39, 0.29) is 11.6 Å². The van der Waals surface area contributed by atoms with Crippen LogP contribution in [0.15, 0.2) is 48.5 Å². The third-order valence-corrected chi connectivity index (χ3v) is 6.50. The van der Waals surface area contributed by atoms with Gasteiger partial charge in [0.15, 0.2) is 0 Å². The molecule has 34 heavy (non-hydrogen) atoms. The van der Waals surface area contributed by atoms with Crippen LogP contribution in [0.25, 0.3) is 0 Å². The first-order valence-electron chi connectivity index (χ1n) is 11.7. The molecule has 0 unspecified atom stereocenters. The predicted molar refractivity (Wildman–Crippen MR) is 132 cm³/mol. The van der Waals surface area contributed by atoms with E-state index in [0.29, 0.717) is 30.0 Å². The van der Waals surface area contributed by atoms with Gasteiger partial charge in [-0.2, -0.15) is 5.10 Å². The maximum absolute atomic E-state index is 13.1. The first-order chi connectivity index (χ1) is 16.3. The highest BCUT2D eigenvalue weighted by Gasteiger charge is 2.22. The summed E-state index contributed by atoms with van der Waals surface area (Å²) in [5.41, 5.74) is 4.89. The summed E-state index contributed by atoms with van der Waals surface area (Å²) in [7, 11) is 1.83. The summed E-state index contributed by atoms with van der Waals surface area (Å²) < 4.78 is 1.63. The van der Waals surface area contributed by atoms with Gasteiger partial charge in [-0.3, -0.25) is 19.6 Å². The highest BCUT2D eigenvalue weighted by atomic mass is 16.6. The number of aromatic nitrogens is 2. The van der Waals surface area contributed by atoms with Gasteiger partial charge in [0.2, 0.25) is 0 Å². The molecule has 2 heterocycles. The van der Waals surface area contributed by atoms with Crippen LogP contribution in [0.3, 0.4) is 0 Å². The van der Waals surface area contributed by atoms with Gasteiger partial charge in [0.25, 0.3) is 5.91 Å². The van der Waals surface area contributed by atoms with Gasteiger partial charge in [0.05, 0.1) is 11.5 Å². The smallest absolute Gasteiger partial charge is 0.312 e. The zero-order valence-electron chi connectivity index (χ0n) is 20.0. The SMILES string of the molecule is Cc1nn(Cc2ccc(C(=O)N(C)Cc3ccccc3N3CCCCC3)cc2)c(C)c1[N+](=O)[O-]. The van der Waals surface area contributed by atoms with E-state index in [9.17, 15) is 14.9 Å². The predicted octanol–water partition coefficient (Wildman–Crippen LogP) is 4.72. The first kappa shape index (κ1) is 23.5. The molecule has 3 aromatic rings. The molecule has 4 rings (SSSR count). The van der Waals surface area contributed by atoms with Gasteiger partial charge in [-0.05, 0) is 62.4 Å². The number of piperidine rings is 1. The van der Waals surface area contributed by atoms with Crippen molar-refractivity contribution in [2.24, 2.45) is 0 Å². The topological polar surface area (TPSA) is 84.5 Å². The molecular weight excluding hydrogens is 430 g/mol. The van der Waals surface area contributed by atoms with Crippen LogP contribution in [0.4, 0.5) is 11.4 Å². The summed E-state index contributed by atoms with van der Waals surface area (Å²) in [4.78, 5) is 28.1. The molecular formula is C26H31N5O3. The summed E-state index contributed by atoms with van der Waals surface area (Å²) in [5, 5.41) is 15.5. The molecule has 8 nitrogen and oxygen atoms in total. The number of carbonyl (C=O) groups excluding carboxylic acids is 1. The largest absolute Gasteiger partial charge is 0.371 e. The van der Waals surface area contributed by atoms with E-state index >= 15 is 0 Å². The molecule has 0 aliphatic carbocycles. The number of anilines is 1. The number of benzene rings is 2. The highest BCUT2D eigenvalue weighted by molar-refractivity contribution is 5.94. The Labute approximate surface area is 199 Å². The maximum Gasteiger partial charge on any atom is 0.312 e. The van der Waals surface area contributed by atoms with Crippen molar-refractivity contribution >= 4 is 17.3 Å². The summed E-state index contributed by atoms with van der Waals surface area (Å²) in [6.45, 7) is 6.43. The number of amides is 1. The first-order valence-corrected chi connectivity index (χ1v) is 11.7. The second-order valence-electron chi connectivity index (χ2n) is 8.97. The second-order valence-corrected chi connectivity index (χ2v) is 8.97. The minimum atomic E-state index is -0.394. The van der Waals surface area contributed by atoms with Gasteiger partial charge < -0.3 is 9.80 Å². The molecule has 1 aliphatic rings. The number of carbonyl (C=O) groups is 1. The Morgan fingerprint density at radius 1 is 1.06 bits per heavy atom. The minimum absolute atomic E-state index is 0.0400. The molecule has 0 saturated carbocycles. The fraction of sp³-hybridized carbons (Fsp3) is 0.385. The van der Waals surface area contributed by atoms with E-state index in [2.05, 4.69) is 28.2 Å². The van der Waals surface area contributed by atoms with Crippen LogP contribution >= 0.6 is 0 Å². The Kier molecular flexibility index (Phi) is 6.95. The fourth-order valence-electron chi connectivity index (χ4n) is 4.67. The summed E-state index contributed by atoms with van der Waals surface area (Å²) in [6.07, 6.45) is 3.70. The number of nitro groups is 1. The normalized spacial score (nSPS) is 13.7. The highest BCUT2D eigenvalue weighted by Crippen LogP contribution is 2.26. The van der Waals surface area contributed by atoms with Crippen LogP contribution in [0.5, 0.6) is 0 Å². The van der Waals surface area contributed by atoms with Crippen molar-refractivity contribution < 1.29 is 9.72 Å². The average molecular weight is 462 g/mol. The second kappa shape index (κ2) is 10.1. The van der Waals surface area contributed by atoms with Gasteiger partial charge >= 0.3 is 5.69 Å². The van der Waals surface area contributed by atoms with Gasteiger partial charge in [-0.25, -0.2) is 0 Å². The third-order valence-electron chi connectivity index (χ3n) is 6.50. The van der Waals surface area contributed by atoms with Gasteiger partial charge in [-0.1, -0.05) is 30.3 Å². The van der Waals surface area contributed by atoms with Crippen molar-refractivity contribution in [3.63, 3.8) is 0 Å². The van der Waals surface area contributed by atoms with E-state index in [4.69, 9.17) is 0 Å². The quantitative estimate of drug-likeness (QED) is 0.375. The van der Waals surface area contributed by atoms with Gasteiger partial charge in [0, 0.05) is 37.9 Å². The van der Waals surface area contributed by atoms with Gasteiger partial charge in [0.1, 0.15) is 11.4 Å². The Hall–Kier alpha value is -3.68. The molecule has 1 amide bonds. The summed E-state index contributed by atoms with van der Waals surface area (Å²) >= 11 is 0. The van der Waals surface area contributed by atoms with Crippen LogP contribution in [0.1, 0.15) is 52.1 Å². The van der Waals surface area contributed by atoms with E-state index in [1.165, 1.54) is 24.9 Å². The van der Waals surface area contributed by atoms with Crippen LogP contribution in [0, 0.1) is 24.0 Å². The molecule has 2 aromatic carbocycles. The minimum Gasteiger partial charge on any atom is -0.371 e. The maximum atomic E-state index is 13.1. The Morgan fingerprint density at radius 2 is 1.74 bits per heavy atom. The van der Waals surface area contributed by atoms with Crippen LogP contribution in [-0.4, -0.2) is 45.6 Å². The molecule has 1 aromatic heterocycles. The average Bonchev–Trinajstić information content (AvgIpc) is 3.12. The van der Waals surface area contributed by atoms with E-state index in [1.807, 2.05) is 37.4 Å². The van der Waals surface area contributed by atoms with E-state index < -0.39 is 4.92 Å². The van der Waals surface area contributed by atoms with Crippen LogP contribution < -0.4 is 4.90 Å². The van der Waals surface area contributed by atoms with Crippen molar-refractivity contribution in [1.82, 2.24) is 14.7 Å². The lowest BCUT2D eigenvalue weighted by molar-refractivity contribution is -0.386. The molecule has 0 radical (unpaired) electrons. The molecule has 0 spiro atoms. The molecule has 8 heteroatoms. The lowest BCUT2D eigenvalue weighted by Gasteiger charge is -2.31. The molecule has 0 N–H and O–H groups in total. The molecule has 1 fully saturated rings. The third kappa shape index (κ3) is 4.95. The molecule has 178 valence electrons. The summed E-state index contributed by atoms with van der Waals surface area (Å²) in [5.74, 6) is -0.0400. The molecule has 1 saturated heterocycles. The van der Waals surface area contributed by atoms with E-state index in [0.717, 1.165) is 24.2 Å². The number of nitrogens with zero attached hydrogens (tertiary/aromatic N) is 5. The van der Waals surface area contributed by atoms with Crippen molar-refractivity contribution in [3.8, 4) is 0 Å². The monoisotopic (exact) mass is 461 g/mol.